The summed E-state index contributed by atoms with van der Waals surface area (Å²) in [4.78, 5) is 39.3. The zero-order valence-electron chi connectivity index (χ0n) is 24.3. The molecular formula is C34H32O12. The van der Waals surface area contributed by atoms with Crippen molar-refractivity contribution in [3.05, 3.63) is 95.1 Å². The molecule has 0 unspecified atom stereocenters. The molecule has 1 aliphatic heterocycles. The Labute approximate surface area is 262 Å². The van der Waals surface area contributed by atoms with Crippen LogP contribution in [0.5, 0.6) is 23.0 Å². The highest BCUT2D eigenvalue weighted by molar-refractivity contribution is 5.95. The van der Waals surface area contributed by atoms with Gasteiger partial charge in [0.2, 0.25) is 0 Å². The topological polar surface area (TPSA) is 211 Å². The molecule has 240 valence electrons. The average molecular weight is 633 g/mol. The highest BCUT2D eigenvalue weighted by Crippen LogP contribution is 2.50. The standard InChI is InChI=1S/C34H32O12/c35-24-9-6-20(16-26(24)37)8-11-29(40)45-30-23(15-19-4-2-1-3-5-19)33(44,32(42)43)18-28(39)34(30)13-12-22(31(41)46-34)14-21-7-10-25(36)27(38)17-21/h1-11,14,16-17,23,28,30,35-39,44H,12-13,15,18H2,(H,42,43)/b11-8+,22-14+/t23-,28-,30-,33-,34+/m1/s1. The molecule has 2 fully saturated rings. The molecule has 1 aliphatic carbocycles. The molecule has 0 aromatic heterocycles. The fraction of sp³-hybridized carbons (Fsp3) is 0.265. The number of aromatic hydroxyl groups is 4. The van der Waals surface area contributed by atoms with Crippen molar-refractivity contribution in [1.82, 2.24) is 0 Å². The van der Waals surface area contributed by atoms with Gasteiger partial charge in [-0.1, -0.05) is 42.5 Å². The first-order valence-corrected chi connectivity index (χ1v) is 14.4. The van der Waals surface area contributed by atoms with Crippen molar-refractivity contribution in [1.29, 1.82) is 0 Å². The number of rotatable bonds is 7. The van der Waals surface area contributed by atoms with Gasteiger partial charge < -0.3 is 45.2 Å². The van der Waals surface area contributed by atoms with Crippen LogP contribution >= 0.6 is 0 Å². The maximum Gasteiger partial charge on any atom is 0.336 e. The number of aliphatic hydroxyl groups is 2. The quantitative estimate of drug-likeness (QED) is 0.114. The van der Waals surface area contributed by atoms with Gasteiger partial charge >= 0.3 is 17.9 Å². The van der Waals surface area contributed by atoms with Crippen LogP contribution in [0, 0.1) is 5.92 Å². The van der Waals surface area contributed by atoms with Crippen molar-refractivity contribution in [2.24, 2.45) is 5.92 Å². The van der Waals surface area contributed by atoms with E-state index in [1.807, 2.05) is 0 Å². The first kappa shape index (κ1) is 32.1. The van der Waals surface area contributed by atoms with Crippen LogP contribution in [0.15, 0.2) is 78.4 Å². The maximum atomic E-state index is 13.4. The zero-order chi connectivity index (χ0) is 33.2. The molecule has 12 heteroatoms. The van der Waals surface area contributed by atoms with Gasteiger partial charge in [-0.2, -0.15) is 0 Å². The lowest BCUT2D eigenvalue weighted by Gasteiger charge is -2.54. The van der Waals surface area contributed by atoms with Crippen LogP contribution in [0.25, 0.3) is 12.2 Å². The molecule has 0 amide bonds. The Hall–Kier alpha value is -5.33. The molecule has 0 radical (unpaired) electrons. The van der Waals surface area contributed by atoms with Gasteiger partial charge in [0.25, 0.3) is 0 Å². The number of aliphatic hydroxyl groups excluding tert-OH is 1. The summed E-state index contributed by atoms with van der Waals surface area (Å²) in [6, 6.07) is 16.3. The molecule has 12 nitrogen and oxygen atoms in total. The van der Waals surface area contributed by atoms with Crippen molar-refractivity contribution in [2.75, 3.05) is 0 Å². The van der Waals surface area contributed by atoms with Crippen molar-refractivity contribution < 1.29 is 59.6 Å². The van der Waals surface area contributed by atoms with Crippen LogP contribution in [-0.4, -0.2) is 77.1 Å². The van der Waals surface area contributed by atoms with E-state index in [4.69, 9.17) is 9.47 Å². The molecule has 2 aliphatic rings. The molecule has 1 spiro atoms. The van der Waals surface area contributed by atoms with Crippen molar-refractivity contribution in [2.45, 2.75) is 49.1 Å². The Morgan fingerprint density at radius 2 is 1.54 bits per heavy atom. The number of hydrogen-bond donors (Lipinski definition) is 7. The largest absolute Gasteiger partial charge is 0.504 e. The molecule has 3 aromatic carbocycles. The molecule has 5 atom stereocenters. The number of carboxylic acids is 1. The second kappa shape index (κ2) is 12.6. The molecule has 5 rings (SSSR count). The average Bonchev–Trinajstić information content (AvgIpc) is 3.02. The summed E-state index contributed by atoms with van der Waals surface area (Å²) in [7, 11) is 0. The van der Waals surface area contributed by atoms with Crippen LogP contribution in [0.4, 0.5) is 0 Å². The van der Waals surface area contributed by atoms with E-state index >= 15 is 0 Å². The fourth-order valence-corrected chi connectivity index (χ4v) is 6.06. The summed E-state index contributed by atoms with van der Waals surface area (Å²) in [5.41, 5.74) is -3.13. The SMILES string of the molecule is O=C(/C=C/c1ccc(O)c(O)c1)O[C@@H]1[C@@H](Cc2ccccc2)[C@@](O)(C(=O)O)C[C@@H](O)[C@@]12CC/C(=C\c1ccc(O)c(O)c1)C(=O)O2. The van der Waals surface area contributed by atoms with E-state index in [2.05, 4.69) is 0 Å². The van der Waals surface area contributed by atoms with Gasteiger partial charge in [-0.25, -0.2) is 14.4 Å². The predicted molar refractivity (Wildman–Crippen MR) is 161 cm³/mol. The van der Waals surface area contributed by atoms with Gasteiger partial charge in [0.1, 0.15) is 6.10 Å². The third-order valence-electron chi connectivity index (χ3n) is 8.52. The first-order chi connectivity index (χ1) is 21.8. The van der Waals surface area contributed by atoms with Crippen molar-refractivity contribution >= 4 is 30.1 Å². The number of phenolic OH excluding ortho intramolecular Hbond substituents is 4. The first-order valence-electron chi connectivity index (χ1n) is 14.4. The molecule has 7 N–H and O–H groups in total. The summed E-state index contributed by atoms with van der Waals surface area (Å²) < 4.78 is 11.7. The monoisotopic (exact) mass is 632 g/mol. The number of carboxylic acid groups (broad SMARTS) is 1. The number of ether oxygens (including phenoxy) is 2. The van der Waals surface area contributed by atoms with Crippen molar-refractivity contribution in [3.63, 3.8) is 0 Å². The van der Waals surface area contributed by atoms with Crippen molar-refractivity contribution in [3.8, 4) is 23.0 Å². The summed E-state index contributed by atoms with van der Waals surface area (Å²) in [5.74, 6) is -6.52. The van der Waals surface area contributed by atoms with Crippen LogP contribution in [-0.2, 0) is 30.3 Å². The van der Waals surface area contributed by atoms with E-state index < -0.39 is 65.2 Å². The predicted octanol–water partition coefficient (Wildman–Crippen LogP) is 3.03. The number of benzene rings is 3. The number of carbonyl (C=O) groups is 3. The third kappa shape index (κ3) is 6.25. The number of aliphatic carboxylic acids is 1. The lowest BCUT2D eigenvalue weighted by molar-refractivity contribution is -0.263. The fourth-order valence-electron chi connectivity index (χ4n) is 6.06. The molecule has 3 aromatic rings. The van der Waals surface area contributed by atoms with Gasteiger partial charge in [0.05, 0.1) is 0 Å². The normalized spacial score (nSPS) is 27.0. The van der Waals surface area contributed by atoms with Crippen LogP contribution < -0.4 is 0 Å². The van der Waals surface area contributed by atoms with Crippen LogP contribution in [0.1, 0.15) is 36.0 Å². The Morgan fingerprint density at radius 1 is 0.913 bits per heavy atom. The molecule has 46 heavy (non-hydrogen) atoms. The molecular weight excluding hydrogens is 600 g/mol. The van der Waals surface area contributed by atoms with E-state index in [1.165, 1.54) is 48.6 Å². The Bertz CT molecular complexity index is 1710. The van der Waals surface area contributed by atoms with E-state index in [0.29, 0.717) is 16.7 Å². The lowest BCUT2D eigenvalue weighted by Crippen LogP contribution is -2.72. The number of phenols is 4. The second-order valence-corrected chi connectivity index (χ2v) is 11.4. The van der Waals surface area contributed by atoms with E-state index in [-0.39, 0.29) is 36.3 Å². The van der Waals surface area contributed by atoms with Gasteiger partial charge in [-0.3, -0.25) is 0 Å². The summed E-state index contributed by atoms with van der Waals surface area (Å²) in [6.45, 7) is 0. The minimum atomic E-state index is -2.59. The van der Waals surface area contributed by atoms with Crippen LogP contribution in [0.2, 0.25) is 0 Å². The molecule has 1 heterocycles. The second-order valence-electron chi connectivity index (χ2n) is 11.4. The van der Waals surface area contributed by atoms with E-state index in [9.17, 15) is 50.1 Å². The Balaban J connectivity index is 1.53. The maximum absolute atomic E-state index is 13.4. The van der Waals surface area contributed by atoms with Gasteiger partial charge in [0, 0.05) is 24.0 Å². The minimum absolute atomic E-state index is 0.0161. The van der Waals surface area contributed by atoms with Crippen LogP contribution in [0.3, 0.4) is 0 Å². The Morgan fingerprint density at radius 3 is 2.15 bits per heavy atom. The van der Waals surface area contributed by atoms with E-state index in [0.717, 1.165) is 6.08 Å². The number of hydrogen-bond acceptors (Lipinski definition) is 11. The minimum Gasteiger partial charge on any atom is -0.504 e. The number of esters is 2. The molecule has 0 bridgehead atoms. The summed E-state index contributed by atoms with van der Waals surface area (Å²) >= 11 is 0. The van der Waals surface area contributed by atoms with Gasteiger partial charge in [0.15, 0.2) is 40.3 Å². The van der Waals surface area contributed by atoms with Gasteiger partial charge in [-0.15, -0.1) is 0 Å². The van der Waals surface area contributed by atoms with E-state index in [1.54, 1.807) is 30.3 Å². The lowest BCUT2D eigenvalue weighted by atomic mass is 9.61. The third-order valence-corrected chi connectivity index (χ3v) is 8.52. The summed E-state index contributed by atoms with van der Waals surface area (Å²) in [5, 5.41) is 72.0. The highest BCUT2D eigenvalue weighted by atomic mass is 16.6. The molecule has 1 saturated heterocycles. The Kier molecular flexibility index (Phi) is 8.77. The number of carbonyl (C=O) groups excluding carboxylic acids is 2. The summed E-state index contributed by atoms with van der Waals surface area (Å²) in [6.07, 6.45) is -0.729. The van der Waals surface area contributed by atoms with Gasteiger partial charge in [-0.05, 0) is 72.4 Å². The highest BCUT2D eigenvalue weighted by Gasteiger charge is 2.67. The zero-order valence-corrected chi connectivity index (χ0v) is 24.3. The smallest absolute Gasteiger partial charge is 0.336 e. The molecule has 1 saturated carbocycles.